The van der Waals surface area contributed by atoms with Crippen LogP contribution in [0.1, 0.15) is 28.8 Å². The minimum Gasteiger partial charge on any atom is -0.337 e. The first-order valence-corrected chi connectivity index (χ1v) is 7.84. The van der Waals surface area contributed by atoms with Crippen LogP contribution in [0.5, 0.6) is 0 Å². The van der Waals surface area contributed by atoms with Crippen molar-refractivity contribution in [1.29, 1.82) is 0 Å². The Morgan fingerprint density at radius 1 is 1.09 bits per heavy atom. The zero-order valence-corrected chi connectivity index (χ0v) is 13.2. The van der Waals surface area contributed by atoms with Crippen molar-refractivity contribution < 1.29 is 9.59 Å². The summed E-state index contributed by atoms with van der Waals surface area (Å²) in [5.74, 6) is 0.138. The first-order chi connectivity index (χ1) is 11.1. The van der Waals surface area contributed by atoms with E-state index in [-0.39, 0.29) is 17.7 Å². The van der Waals surface area contributed by atoms with Gasteiger partial charge in [0.15, 0.2) is 0 Å². The van der Waals surface area contributed by atoms with Gasteiger partial charge in [0.1, 0.15) is 0 Å². The number of hydrogen-bond donors (Lipinski definition) is 1. The minimum absolute atomic E-state index is 0.0484. The fraction of sp³-hybridized carbons (Fsp3) is 0.263. The van der Waals surface area contributed by atoms with Crippen LogP contribution in [0, 0.1) is 5.92 Å². The Kier molecular flexibility index (Phi) is 4.42. The van der Waals surface area contributed by atoms with Crippen molar-refractivity contribution in [2.24, 2.45) is 5.92 Å². The molecule has 0 aliphatic heterocycles. The molecule has 1 fully saturated rings. The quantitative estimate of drug-likeness (QED) is 0.921. The standard InChI is InChI=1S/C19H20N2O2/c1-21(13-14-6-3-2-4-7-14)19(23)16-8-5-9-17(12-16)20-18(22)15-10-11-15/h2-9,12,15H,10-11,13H2,1H3,(H,20,22). The molecule has 0 aromatic heterocycles. The van der Waals surface area contributed by atoms with Crippen molar-refractivity contribution in [2.45, 2.75) is 19.4 Å². The Morgan fingerprint density at radius 2 is 1.83 bits per heavy atom. The smallest absolute Gasteiger partial charge is 0.253 e. The van der Waals surface area contributed by atoms with Crippen LogP contribution in [-0.2, 0) is 11.3 Å². The molecule has 0 spiro atoms. The van der Waals surface area contributed by atoms with E-state index in [4.69, 9.17) is 0 Å². The predicted molar refractivity (Wildman–Crippen MR) is 90.0 cm³/mol. The molecule has 1 N–H and O–H groups in total. The minimum atomic E-state index is -0.0589. The molecular weight excluding hydrogens is 288 g/mol. The van der Waals surface area contributed by atoms with Crippen LogP contribution in [0.25, 0.3) is 0 Å². The summed E-state index contributed by atoms with van der Waals surface area (Å²) in [6.07, 6.45) is 1.93. The molecule has 0 unspecified atom stereocenters. The van der Waals surface area contributed by atoms with E-state index in [9.17, 15) is 9.59 Å². The van der Waals surface area contributed by atoms with Crippen LogP contribution >= 0.6 is 0 Å². The van der Waals surface area contributed by atoms with Gasteiger partial charge in [0.2, 0.25) is 5.91 Å². The monoisotopic (exact) mass is 308 g/mol. The molecule has 2 aromatic carbocycles. The summed E-state index contributed by atoms with van der Waals surface area (Å²) in [5, 5.41) is 2.88. The highest BCUT2D eigenvalue weighted by atomic mass is 16.2. The Balaban J connectivity index is 1.67. The van der Waals surface area contributed by atoms with E-state index in [0.717, 1.165) is 18.4 Å². The summed E-state index contributed by atoms with van der Waals surface area (Å²) in [4.78, 5) is 26.0. The summed E-state index contributed by atoms with van der Waals surface area (Å²) in [6, 6.07) is 17.0. The fourth-order valence-electron chi connectivity index (χ4n) is 2.47. The Hall–Kier alpha value is -2.62. The number of carbonyl (C=O) groups excluding carboxylic acids is 2. The number of benzene rings is 2. The molecule has 23 heavy (non-hydrogen) atoms. The first-order valence-electron chi connectivity index (χ1n) is 7.84. The second-order valence-corrected chi connectivity index (χ2v) is 5.99. The van der Waals surface area contributed by atoms with Gasteiger partial charge in [-0.3, -0.25) is 9.59 Å². The van der Waals surface area contributed by atoms with E-state index >= 15 is 0 Å². The third kappa shape index (κ3) is 3.97. The summed E-state index contributed by atoms with van der Waals surface area (Å²) >= 11 is 0. The van der Waals surface area contributed by atoms with Gasteiger partial charge in [-0.25, -0.2) is 0 Å². The molecule has 1 saturated carbocycles. The Bertz CT molecular complexity index is 708. The Morgan fingerprint density at radius 3 is 2.52 bits per heavy atom. The molecule has 2 aromatic rings. The number of anilines is 1. The number of carbonyl (C=O) groups is 2. The SMILES string of the molecule is CN(Cc1ccccc1)C(=O)c1cccc(NC(=O)C2CC2)c1. The predicted octanol–water partition coefficient (Wildman–Crippen LogP) is 3.31. The van der Waals surface area contributed by atoms with E-state index in [1.807, 2.05) is 36.4 Å². The van der Waals surface area contributed by atoms with Crippen molar-refractivity contribution in [3.05, 3.63) is 65.7 Å². The van der Waals surface area contributed by atoms with Crippen LogP contribution in [0.3, 0.4) is 0 Å². The molecule has 118 valence electrons. The molecule has 0 saturated heterocycles. The van der Waals surface area contributed by atoms with Crippen molar-refractivity contribution in [2.75, 3.05) is 12.4 Å². The largest absolute Gasteiger partial charge is 0.337 e. The average molecular weight is 308 g/mol. The van der Waals surface area contributed by atoms with Crippen molar-refractivity contribution in [3.63, 3.8) is 0 Å². The third-order valence-corrected chi connectivity index (χ3v) is 3.93. The molecule has 2 amide bonds. The van der Waals surface area contributed by atoms with Crippen molar-refractivity contribution in [3.8, 4) is 0 Å². The second-order valence-electron chi connectivity index (χ2n) is 5.99. The summed E-state index contributed by atoms with van der Waals surface area (Å²) < 4.78 is 0. The van der Waals surface area contributed by atoms with E-state index in [1.165, 1.54) is 0 Å². The van der Waals surface area contributed by atoms with Gasteiger partial charge >= 0.3 is 0 Å². The van der Waals surface area contributed by atoms with Gasteiger partial charge in [0.05, 0.1) is 0 Å². The van der Waals surface area contributed by atoms with Gasteiger partial charge < -0.3 is 10.2 Å². The van der Waals surface area contributed by atoms with Crippen LogP contribution < -0.4 is 5.32 Å². The third-order valence-electron chi connectivity index (χ3n) is 3.93. The fourth-order valence-corrected chi connectivity index (χ4v) is 2.47. The molecular formula is C19H20N2O2. The van der Waals surface area contributed by atoms with Crippen LogP contribution in [0.15, 0.2) is 54.6 Å². The molecule has 1 aliphatic rings. The molecule has 0 radical (unpaired) electrons. The maximum atomic E-state index is 12.5. The number of nitrogens with one attached hydrogen (secondary N) is 1. The zero-order valence-electron chi connectivity index (χ0n) is 13.2. The van der Waals surface area contributed by atoms with Crippen molar-refractivity contribution in [1.82, 2.24) is 4.90 Å². The van der Waals surface area contributed by atoms with Crippen LogP contribution in [0.2, 0.25) is 0 Å². The lowest BCUT2D eigenvalue weighted by atomic mass is 10.1. The lowest BCUT2D eigenvalue weighted by Gasteiger charge is -2.18. The Labute approximate surface area is 136 Å². The molecule has 1 aliphatic carbocycles. The molecule has 4 heteroatoms. The molecule has 0 bridgehead atoms. The van der Waals surface area contributed by atoms with Crippen LogP contribution in [0.4, 0.5) is 5.69 Å². The lowest BCUT2D eigenvalue weighted by Crippen LogP contribution is -2.26. The van der Waals surface area contributed by atoms with E-state index in [1.54, 1.807) is 30.1 Å². The van der Waals surface area contributed by atoms with Gasteiger partial charge in [-0.05, 0) is 36.6 Å². The van der Waals surface area contributed by atoms with Gasteiger partial charge in [-0.15, -0.1) is 0 Å². The molecule has 0 atom stereocenters. The van der Waals surface area contributed by atoms with E-state index in [2.05, 4.69) is 5.32 Å². The lowest BCUT2D eigenvalue weighted by molar-refractivity contribution is -0.117. The number of amides is 2. The van der Waals surface area contributed by atoms with Crippen molar-refractivity contribution >= 4 is 17.5 Å². The first kappa shape index (κ1) is 15.3. The second kappa shape index (κ2) is 6.65. The topological polar surface area (TPSA) is 49.4 Å². The van der Waals surface area contributed by atoms with Gasteiger partial charge in [-0.2, -0.15) is 0 Å². The van der Waals surface area contributed by atoms with Gasteiger partial charge in [0, 0.05) is 30.8 Å². The van der Waals surface area contributed by atoms with E-state index in [0.29, 0.717) is 17.8 Å². The molecule has 3 rings (SSSR count). The average Bonchev–Trinajstić information content (AvgIpc) is 3.40. The highest BCUT2D eigenvalue weighted by molar-refractivity contribution is 5.98. The van der Waals surface area contributed by atoms with Crippen LogP contribution in [-0.4, -0.2) is 23.8 Å². The molecule has 4 nitrogen and oxygen atoms in total. The number of hydrogen-bond acceptors (Lipinski definition) is 2. The van der Waals surface area contributed by atoms with E-state index < -0.39 is 0 Å². The maximum absolute atomic E-state index is 12.5. The summed E-state index contributed by atoms with van der Waals surface area (Å²) in [7, 11) is 1.78. The summed E-state index contributed by atoms with van der Waals surface area (Å²) in [6.45, 7) is 0.554. The normalized spacial score (nSPS) is 13.4. The highest BCUT2D eigenvalue weighted by Crippen LogP contribution is 2.30. The number of rotatable bonds is 5. The zero-order chi connectivity index (χ0) is 16.2. The maximum Gasteiger partial charge on any atom is 0.253 e. The summed E-state index contributed by atoms with van der Waals surface area (Å²) in [5.41, 5.74) is 2.35. The molecule has 0 heterocycles. The highest BCUT2D eigenvalue weighted by Gasteiger charge is 2.29. The van der Waals surface area contributed by atoms with Gasteiger partial charge in [0.25, 0.3) is 5.91 Å². The van der Waals surface area contributed by atoms with Gasteiger partial charge in [-0.1, -0.05) is 36.4 Å². The number of nitrogens with zero attached hydrogens (tertiary/aromatic N) is 1.